The molecule has 1 unspecified atom stereocenters. The van der Waals surface area contributed by atoms with Crippen LogP contribution >= 0.6 is 0 Å². The first-order chi connectivity index (χ1) is 28.8. The molecule has 3 saturated heterocycles. The molecule has 9 rings (SSSR count). The van der Waals surface area contributed by atoms with Gasteiger partial charge in [-0.1, -0.05) is 0 Å². The van der Waals surface area contributed by atoms with E-state index < -0.39 is 29.2 Å². The van der Waals surface area contributed by atoms with Gasteiger partial charge in [0, 0.05) is 80.6 Å². The number of piperazine rings is 1. The average molecular weight is 816 g/mol. The molecular formula is C43H46FN11O5. The van der Waals surface area contributed by atoms with E-state index in [0.717, 1.165) is 49.7 Å². The van der Waals surface area contributed by atoms with Crippen molar-refractivity contribution in [2.75, 3.05) is 49.5 Å². The van der Waals surface area contributed by atoms with Crippen LogP contribution in [0.4, 0.5) is 15.8 Å². The lowest BCUT2D eigenvalue weighted by atomic mass is 9.89. The number of hydrogen-bond acceptors (Lipinski definition) is 11. The van der Waals surface area contributed by atoms with Crippen LogP contribution < -0.4 is 15.5 Å². The highest BCUT2D eigenvalue weighted by Gasteiger charge is 2.39. The van der Waals surface area contributed by atoms with Crippen LogP contribution in [0, 0.1) is 23.1 Å². The molecule has 4 aliphatic rings. The molecule has 310 valence electrons. The van der Waals surface area contributed by atoms with Crippen molar-refractivity contribution in [2.45, 2.75) is 76.0 Å². The Morgan fingerprint density at radius 2 is 1.73 bits per heavy atom. The molecule has 4 amide bonds. The fraction of sp³-hybridized carbons (Fsp3) is 0.442. The van der Waals surface area contributed by atoms with Gasteiger partial charge in [0.15, 0.2) is 0 Å². The third-order valence-corrected chi connectivity index (χ3v) is 12.6. The second-order valence-electron chi connectivity index (χ2n) is 17.0. The largest absolute Gasteiger partial charge is 0.386 e. The van der Waals surface area contributed by atoms with Crippen molar-refractivity contribution >= 4 is 51.4 Å². The van der Waals surface area contributed by atoms with Gasteiger partial charge in [-0.2, -0.15) is 15.5 Å². The number of nitrogens with zero attached hydrogens (tertiary/aromatic N) is 9. The number of piperidine rings is 1. The average Bonchev–Trinajstić information content (AvgIpc) is 3.84. The number of imide groups is 1. The number of aromatic nitrogens is 5. The van der Waals surface area contributed by atoms with Crippen molar-refractivity contribution in [3.8, 4) is 6.07 Å². The second kappa shape index (κ2) is 15.4. The third-order valence-electron chi connectivity index (χ3n) is 12.6. The van der Waals surface area contributed by atoms with Gasteiger partial charge in [0.2, 0.25) is 17.7 Å². The number of carbonyl (C=O) groups is 4. The molecule has 1 aromatic carbocycles. The summed E-state index contributed by atoms with van der Waals surface area (Å²) in [6, 6.07) is 12.8. The number of rotatable bonds is 8. The van der Waals surface area contributed by atoms with E-state index in [2.05, 4.69) is 31.7 Å². The van der Waals surface area contributed by atoms with Gasteiger partial charge in [-0.3, -0.25) is 39.1 Å². The van der Waals surface area contributed by atoms with Crippen LogP contribution in [-0.4, -0.2) is 108 Å². The van der Waals surface area contributed by atoms with Crippen molar-refractivity contribution in [1.82, 2.24) is 39.5 Å². The Labute approximate surface area is 344 Å². The zero-order valence-corrected chi connectivity index (χ0v) is 33.5. The maximum absolute atomic E-state index is 15.0. The van der Waals surface area contributed by atoms with E-state index in [9.17, 15) is 29.5 Å². The normalized spacial score (nSPS) is 21.8. The lowest BCUT2D eigenvalue weighted by Gasteiger charge is -2.45. The van der Waals surface area contributed by atoms with E-state index in [-0.39, 0.29) is 42.3 Å². The molecule has 1 atom stereocenters. The van der Waals surface area contributed by atoms with Crippen LogP contribution in [-0.2, 0) is 20.0 Å². The summed E-state index contributed by atoms with van der Waals surface area (Å²) in [5.41, 5.74) is 2.41. The van der Waals surface area contributed by atoms with Gasteiger partial charge in [0.25, 0.3) is 5.91 Å². The third kappa shape index (κ3) is 7.45. The van der Waals surface area contributed by atoms with Crippen molar-refractivity contribution < 1.29 is 28.7 Å². The van der Waals surface area contributed by atoms with Gasteiger partial charge in [-0.05, 0) is 76.3 Å². The van der Waals surface area contributed by atoms with E-state index in [1.807, 2.05) is 32.8 Å². The molecule has 4 fully saturated rings. The number of aliphatic hydroxyl groups is 1. The molecule has 3 N–H and O–H groups in total. The first-order valence-electron chi connectivity index (χ1n) is 20.5. The second-order valence-corrected chi connectivity index (χ2v) is 17.0. The summed E-state index contributed by atoms with van der Waals surface area (Å²) < 4.78 is 18.5. The number of nitrogens with one attached hydrogen (secondary N) is 2. The molecule has 1 saturated carbocycles. The van der Waals surface area contributed by atoms with Crippen molar-refractivity contribution in [3.63, 3.8) is 0 Å². The molecule has 0 spiro atoms. The predicted octanol–water partition coefficient (Wildman–Crippen LogP) is 3.85. The molecule has 1 aliphatic carbocycles. The zero-order valence-electron chi connectivity index (χ0n) is 33.5. The van der Waals surface area contributed by atoms with Gasteiger partial charge >= 0.3 is 0 Å². The Bertz CT molecular complexity index is 2570. The van der Waals surface area contributed by atoms with E-state index in [0.29, 0.717) is 65.9 Å². The number of benzene rings is 1. The zero-order chi connectivity index (χ0) is 41.9. The number of halogens is 1. The molecule has 17 heteroatoms. The van der Waals surface area contributed by atoms with Crippen LogP contribution in [0.3, 0.4) is 0 Å². The summed E-state index contributed by atoms with van der Waals surface area (Å²) in [4.78, 5) is 61.3. The molecule has 16 nitrogen and oxygen atoms in total. The predicted molar refractivity (Wildman–Crippen MR) is 217 cm³/mol. The highest BCUT2D eigenvalue weighted by atomic mass is 19.1. The number of amides is 4. The number of hydrogen-bond donors (Lipinski definition) is 3. The standard InChI is InChI=1S/C43H46FN11O5/c1-43(2,60)33-18-35-26(16-36(33)48-41(58)37-9-7-30-15-25(19-45)20-47-55(30)37)24-54(50-35)29-5-3-28(4-6-29)51-11-13-52(14-12-51)42(59)27-22-53(23-27)31-17-34(44)39(46-21-31)32-8-10-38(56)49-40(32)57/h7,9,15-18,20-21,24,27-29,32,60H,3-6,8,10-14,22-23H2,1-2H3,(H,48,58)(H,49,56,57). The minimum atomic E-state index is -1.26. The quantitative estimate of drug-likeness (QED) is 0.193. The molecule has 4 aromatic heterocycles. The maximum Gasteiger partial charge on any atom is 0.274 e. The van der Waals surface area contributed by atoms with Gasteiger partial charge in [-0.25, -0.2) is 8.91 Å². The Kier molecular flexibility index (Phi) is 10.1. The summed E-state index contributed by atoms with van der Waals surface area (Å²) in [6.45, 7) is 7.26. The highest BCUT2D eigenvalue weighted by Crippen LogP contribution is 2.36. The first-order valence-corrected chi connectivity index (χ1v) is 20.5. The summed E-state index contributed by atoms with van der Waals surface area (Å²) in [7, 11) is 0. The Morgan fingerprint density at radius 3 is 2.43 bits per heavy atom. The fourth-order valence-corrected chi connectivity index (χ4v) is 9.23. The van der Waals surface area contributed by atoms with Crippen molar-refractivity contribution in [1.29, 1.82) is 5.26 Å². The SMILES string of the molecule is CC(C)(O)c1cc2nn(C3CCC(N4CCN(C(=O)C5CN(c6cnc(C7CCC(=O)NC7=O)c(F)c6)C5)CC4)CC3)cc2cc1NC(=O)c1ccc2cc(C#N)cnn12. The molecule has 7 heterocycles. The Hall–Kier alpha value is -6.25. The molecule has 0 radical (unpaired) electrons. The summed E-state index contributed by atoms with van der Waals surface area (Å²) >= 11 is 0. The lowest BCUT2D eigenvalue weighted by Crippen LogP contribution is -2.59. The first kappa shape index (κ1) is 39.2. The smallest absolute Gasteiger partial charge is 0.274 e. The fourth-order valence-electron chi connectivity index (χ4n) is 9.23. The van der Waals surface area contributed by atoms with Crippen LogP contribution in [0.15, 0.2) is 55.0 Å². The van der Waals surface area contributed by atoms with E-state index >= 15 is 4.39 Å². The molecular weight excluding hydrogens is 770 g/mol. The van der Waals surface area contributed by atoms with Crippen LogP contribution in [0.2, 0.25) is 0 Å². The number of carbonyl (C=O) groups excluding carboxylic acids is 4. The monoisotopic (exact) mass is 815 g/mol. The van der Waals surface area contributed by atoms with Gasteiger partial charge in [0.05, 0.1) is 63.9 Å². The minimum absolute atomic E-state index is 0.0395. The number of nitriles is 1. The molecule has 60 heavy (non-hydrogen) atoms. The molecule has 3 aliphatic heterocycles. The van der Waals surface area contributed by atoms with Crippen LogP contribution in [0.1, 0.15) is 91.6 Å². The number of anilines is 2. The summed E-state index contributed by atoms with van der Waals surface area (Å²) in [5, 5.41) is 35.6. The molecule has 0 bridgehead atoms. The number of fused-ring (bicyclic) bond motifs is 2. The maximum atomic E-state index is 15.0. The topological polar surface area (TPSA) is 194 Å². The molecule has 5 aromatic rings. The van der Waals surface area contributed by atoms with E-state index in [1.54, 1.807) is 32.0 Å². The van der Waals surface area contributed by atoms with Crippen LogP contribution in [0.5, 0.6) is 0 Å². The van der Waals surface area contributed by atoms with Gasteiger partial charge < -0.3 is 20.2 Å². The number of pyridine rings is 1. The Morgan fingerprint density at radius 1 is 0.983 bits per heavy atom. The van der Waals surface area contributed by atoms with Crippen molar-refractivity contribution in [3.05, 3.63) is 83.3 Å². The highest BCUT2D eigenvalue weighted by molar-refractivity contribution is 6.05. The van der Waals surface area contributed by atoms with E-state index in [4.69, 9.17) is 5.10 Å². The van der Waals surface area contributed by atoms with Crippen molar-refractivity contribution in [2.24, 2.45) is 5.92 Å². The Balaban J connectivity index is 0.774. The lowest BCUT2D eigenvalue weighted by molar-refractivity contribution is -0.138. The van der Waals surface area contributed by atoms with Crippen LogP contribution in [0.25, 0.3) is 16.4 Å². The summed E-state index contributed by atoms with van der Waals surface area (Å²) in [6.07, 6.45) is 9.24. The summed E-state index contributed by atoms with van der Waals surface area (Å²) in [5.74, 6) is -2.71. The van der Waals surface area contributed by atoms with Gasteiger partial charge in [0.1, 0.15) is 17.6 Å². The van der Waals surface area contributed by atoms with Gasteiger partial charge in [-0.15, -0.1) is 0 Å². The van der Waals surface area contributed by atoms with E-state index in [1.165, 1.54) is 23.0 Å². The minimum Gasteiger partial charge on any atom is -0.386 e.